The molecule has 3 rings (SSSR count). The van der Waals surface area contributed by atoms with Crippen LogP contribution in [0.1, 0.15) is 32.3 Å². The van der Waals surface area contributed by atoms with Gasteiger partial charge in [0.05, 0.1) is 0 Å². The van der Waals surface area contributed by atoms with Gasteiger partial charge in [-0.3, -0.25) is 9.59 Å². The first kappa shape index (κ1) is 28.3. The van der Waals surface area contributed by atoms with Gasteiger partial charge in [0, 0.05) is 19.3 Å². The number of aliphatic carboxylic acids is 3. The van der Waals surface area contributed by atoms with E-state index < -0.39 is 72.0 Å². The molecule has 12 heteroatoms. The lowest BCUT2D eigenvalue weighted by atomic mass is 9.79. The standard InChI is InChI=1S/C25H30O12/c1-12(17(35-14(3)26)13(2)11-15-7-5-4-6-8-15)9-10-24-19(27)20(28)25(37-24,23(33)34)16(21(29)30)18(36-24)22(31)32/h4-8,13,16-20,27-28H,1,9-11H2,2-3H3,(H,29,30)(H,31,32)(H,33,34)/t13?,16-,17?,18-,19+,20+,24-,25-/m0/s1. The van der Waals surface area contributed by atoms with Crippen LogP contribution in [0.5, 0.6) is 0 Å². The van der Waals surface area contributed by atoms with Crippen molar-refractivity contribution in [1.29, 1.82) is 0 Å². The van der Waals surface area contributed by atoms with Crippen LogP contribution < -0.4 is 0 Å². The van der Waals surface area contributed by atoms with Crippen molar-refractivity contribution in [2.24, 2.45) is 11.8 Å². The van der Waals surface area contributed by atoms with Gasteiger partial charge in [-0.15, -0.1) is 0 Å². The van der Waals surface area contributed by atoms with Crippen LogP contribution in [-0.4, -0.2) is 85.2 Å². The number of carboxylic acids is 3. The molecule has 1 aromatic rings. The Morgan fingerprint density at radius 3 is 2.19 bits per heavy atom. The van der Waals surface area contributed by atoms with Crippen LogP contribution in [0.25, 0.3) is 0 Å². The number of aliphatic hydroxyl groups is 2. The van der Waals surface area contributed by atoms with Crippen molar-refractivity contribution in [3.05, 3.63) is 48.0 Å². The number of carbonyl (C=O) groups is 4. The number of fused-ring (bicyclic) bond motifs is 2. The van der Waals surface area contributed by atoms with E-state index in [1.807, 2.05) is 37.3 Å². The lowest BCUT2D eigenvalue weighted by Gasteiger charge is -2.44. The Balaban J connectivity index is 1.88. The molecular weight excluding hydrogens is 492 g/mol. The highest BCUT2D eigenvalue weighted by molar-refractivity contribution is 5.92. The van der Waals surface area contributed by atoms with Crippen LogP contribution in [0.4, 0.5) is 0 Å². The molecule has 0 aliphatic carbocycles. The summed E-state index contributed by atoms with van der Waals surface area (Å²) in [5.74, 6) is -11.2. The number of benzene rings is 1. The predicted molar refractivity (Wildman–Crippen MR) is 123 cm³/mol. The van der Waals surface area contributed by atoms with Gasteiger partial charge in [0.15, 0.2) is 11.9 Å². The molecule has 2 bridgehead atoms. The summed E-state index contributed by atoms with van der Waals surface area (Å²) in [5.41, 5.74) is -1.67. The first-order valence-electron chi connectivity index (χ1n) is 11.6. The Bertz CT molecular complexity index is 1070. The average Bonchev–Trinajstić information content (AvgIpc) is 3.00. The van der Waals surface area contributed by atoms with Crippen LogP contribution in [0.2, 0.25) is 0 Å². The fourth-order valence-electron chi connectivity index (χ4n) is 5.15. The van der Waals surface area contributed by atoms with Gasteiger partial charge in [-0.05, 0) is 24.0 Å². The van der Waals surface area contributed by atoms with Gasteiger partial charge in [0.2, 0.25) is 5.60 Å². The molecule has 0 spiro atoms. The van der Waals surface area contributed by atoms with Crippen molar-refractivity contribution in [3.8, 4) is 0 Å². The van der Waals surface area contributed by atoms with E-state index in [0.29, 0.717) is 12.0 Å². The van der Waals surface area contributed by atoms with Gasteiger partial charge in [-0.1, -0.05) is 43.8 Å². The van der Waals surface area contributed by atoms with Crippen molar-refractivity contribution in [2.45, 2.75) is 68.9 Å². The maximum Gasteiger partial charge on any atom is 0.340 e. The molecule has 2 aliphatic rings. The third-order valence-corrected chi connectivity index (χ3v) is 6.87. The normalized spacial score (nSPS) is 32.2. The Morgan fingerprint density at radius 2 is 1.68 bits per heavy atom. The molecule has 0 radical (unpaired) electrons. The molecule has 2 fully saturated rings. The molecule has 5 N–H and O–H groups in total. The van der Waals surface area contributed by atoms with Gasteiger partial charge in [-0.2, -0.15) is 0 Å². The average molecular weight is 523 g/mol. The quantitative estimate of drug-likeness (QED) is 0.201. The topological polar surface area (TPSA) is 197 Å². The number of ether oxygens (including phenoxy) is 3. The molecule has 202 valence electrons. The second-order valence-corrected chi connectivity index (χ2v) is 9.45. The minimum Gasteiger partial charge on any atom is -0.481 e. The summed E-state index contributed by atoms with van der Waals surface area (Å²) < 4.78 is 16.3. The molecule has 8 atom stereocenters. The van der Waals surface area contributed by atoms with Gasteiger partial charge in [-0.25, -0.2) is 9.59 Å². The summed E-state index contributed by atoms with van der Waals surface area (Å²) >= 11 is 0. The summed E-state index contributed by atoms with van der Waals surface area (Å²) in [5, 5.41) is 50.4. The zero-order valence-electron chi connectivity index (χ0n) is 20.3. The molecule has 37 heavy (non-hydrogen) atoms. The molecule has 12 nitrogen and oxygen atoms in total. The third-order valence-electron chi connectivity index (χ3n) is 6.87. The van der Waals surface area contributed by atoms with Gasteiger partial charge >= 0.3 is 23.9 Å². The Morgan fingerprint density at radius 1 is 1.05 bits per heavy atom. The SMILES string of the molecule is C=C(CC[C@]12O[C@H](C(=O)O)[C@@H](C(=O)O)[C@](C(=O)O)(O1)[C@H](O)[C@H]2O)C(OC(C)=O)C(C)Cc1ccccc1. The minimum absolute atomic E-state index is 0.110. The molecule has 0 aromatic heterocycles. The fourth-order valence-corrected chi connectivity index (χ4v) is 5.15. The van der Waals surface area contributed by atoms with E-state index in [4.69, 9.17) is 14.2 Å². The van der Waals surface area contributed by atoms with Crippen molar-refractivity contribution in [1.82, 2.24) is 0 Å². The predicted octanol–water partition coefficient (Wildman–Crippen LogP) is 0.589. The zero-order chi connectivity index (χ0) is 27.7. The van der Waals surface area contributed by atoms with E-state index in [0.717, 1.165) is 5.56 Å². The number of carbonyl (C=O) groups excluding carboxylic acids is 1. The second kappa shape index (κ2) is 10.6. The van der Waals surface area contributed by atoms with Gasteiger partial charge in [0.25, 0.3) is 0 Å². The van der Waals surface area contributed by atoms with Crippen molar-refractivity contribution in [2.75, 3.05) is 0 Å². The highest BCUT2D eigenvalue weighted by Crippen LogP contribution is 2.53. The Hall–Kier alpha value is -3.32. The van der Waals surface area contributed by atoms with Gasteiger partial charge < -0.3 is 39.7 Å². The second-order valence-electron chi connectivity index (χ2n) is 9.45. The van der Waals surface area contributed by atoms with Crippen LogP contribution in [0, 0.1) is 11.8 Å². The van der Waals surface area contributed by atoms with E-state index >= 15 is 0 Å². The maximum atomic E-state index is 12.2. The molecule has 1 aromatic carbocycles. The van der Waals surface area contributed by atoms with Crippen molar-refractivity contribution < 1.29 is 58.9 Å². The van der Waals surface area contributed by atoms with E-state index in [9.17, 15) is 44.7 Å². The molecule has 2 aliphatic heterocycles. The Kier molecular flexibility index (Phi) is 8.08. The van der Waals surface area contributed by atoms with Crippen LogP contribution >= 0.6 is 0 Å². The number of rotatable bonds is 11. The third kappa shape index (κ3) is 5.10. The lowest BCUT2D eigenvalue weighted by Crippen LogP contribution is -2.65. The summed E-state index contributed by atoms with van der Waals surface area (Å²) in [6.45, 7) is 7.03. The first-order valence-corrected chi connectivity index (χ1v) is 11.6. The summed E-state index contributed by atoms with van der Waals surface area (Å²) in [4.78, 5) is 47.7. The maximum absolute atomic E-state index is 12.2. The Labute approximate surface area is 212 Å². The van der Waals surface area contributed by atoms with Crippen LogP contribution in [0.15, 0.2) is 42.5 Å². The molecular formula is C25H30O12. The molecule has 0 saturated carbocycles. The smallest absolute Gasteiger partial charge is 0.340 e. The van der Waals surface area contributed by atoms with Crippen molar-refractivity contribution >= 4 is 23.9 Å². The molecule has 2 saturated heterocycles. The number of hydrogen-bond donors (Lipinski definition) is 5. The van der Waals surface area contributed by atoms with E-state index in [2.05, 4.69) is 6.58 Å². The monoisotopic (exact) mass is 522 g/mol. The molecule has 2 heterocycles. The summed E-state index contributed by atoms with van der Waals surface area (Å²) in [6.07, 6.45) is -7.48. The minimum atomic E-state index is -2.98. The number of aliphatic hydroxyl groups excluding tert-OH is 2. The highest BCUT2D eigenvalue weighted by Gasteiger charge is 2.77. The van der Waals surface area contributed by atoms with Crippen molar-refractivity contribution in [3.63, 3.8) is 0 Å². The van der Waals surface area contributed by atoms with E-state index in [-0.39, 0.29) is 12.3 Å². The highest BCUT2D eigenvalue weighted by atomic mass is 16.8. The van der Waals surface area contributed by atoms with E-state index in [1.165, 1.54) is 6.92 Å². The van der Waals surface area contributed by atoms with E-state index in [1.54, 1.807) is 0 Å². The zero-order valence-corrected chi connectivity index (χ0v) is 20.3. The molecule has 0 amide bonds. The number of esters is 1. The number of carboxylic acid groups (broad SMARTS) is 3. The van der Waals surface area contributed by atoms with Crippen LogP contribution in [0.3, 0.4) is 0 Å². The molecule has 2 unspecified atom stereocenters. The lowest BCUT2D eigenvalue weighted by molar-refractivity contribution is -0.342. The first-order chi connectivity index (χ1) is 17.3. The fraction of sp³-hybridized carbons (Fsp3) is 0.520. The summed E-state index contributed by atoms with van der Waals surface area (Å²) in [6, 6.07) is 9.38. The van der Waals surface area contributed by atoms with Crippen LogP contribution in [-0.2, 0) is 39.8 Å². The largest absolute Gasteiger partial charge is 0.481 e. The summed E-state index contributed by atoms with van der Waals surface area (Å²) in [7, 11) is 0. The van der Waals surface area contributed by atoms with Gasteiger partial charge in [0.1, 0.15) is 24.2 Å². The number of hydrogen-bond acceptors (Lipinski definition) is 9.